The van der Waals surface area contributed by atoms with Crippen molar-refractivity contribution in [1.29, 1.82) is 0 Å². The van der Waals surface area contributed by atoms with E-state index in [4.69, 9.17) is 23.2 Å². The van der Waals surface area contributed by atoms with Crippen LogP contribution in [-0.4, -0.2) is 18.0 Å². The van der Waals surface area contributed by atoms with Crippen molar-refractivity contribution in [3.8, 4) is 0 Å². The lowest BCUT2D eigenvalue weighted by molar-refractivity contribution is -0.139. The molecule has 0 radical (unpaired) electrons. The number of amides is 2. The van der Waals surface area contributed by atoms with Crippen LogP contribution in [0.25, 0.3) is 0 Å². The molecule has 0 saturated heterocycles. The Morgan fingerprint density at radius 2 is 1.83 bits per heavy atom. The summed E-state index contributed by atoms with van der Waals surface area (Å²) in [5.41, 5.74) is 4.32. The first-order valence-corrected chi connectivity index (χ1v) is 10.1. The molecule has 1 heterocycles. The molecule has 148 valence electrons. The van der Waals surface area contributed by atoms with E-state index in [-0.39, 0.29) is 6.54 Å². The fourth-order valence-corrected chi connectivity index (χ4v) is 3.36. The van der Waals surface area contributed by atoms with Gasteiger partial charge in [0.2, 0.25) is 0 Å². The van der Waals surface area contributed by atoms with Crippen LogP contribution < -0.4 is 16.1 Å². The van der Waals surface area contributed by atoms with E-state index in [2.05, 4.69) is 21.2 Å². The van der Waals surface area contributed by atoms with Gasteiger partial charge in [0.15, 0.2) is 0 Å². The molecule has 1 aromatic heterocycles. The second kappa shape index (κ2) is 10.1. The third kappa shape index (κ3) is 6.32. The fraction of sp³-hybridized carbons (Fsp3) is 0.0500. The maximum atomic E-state index is 11.9. The third-order valence-corrected chi connectivity index (χ3v) is 5.04. The average molecular weight is 447 g/mol. The Morgan fingerprint density at radius 1 is 1.00 bits per heavy atom. The Bertz CT molecular complexity index is 1040. The fourth-order valence-electron chi connectivity index (χ4n) is 2.35. The first-order valence-electron chi connectivity index (χ1n) is 8.47. The molecule has 0 spiro atoms. The maximum absolute atomic E-state index is 11.9. The molecule has 0 bridgehead atoms. The van der Waals surface area contributed by atoms with Gasteiger partial charge in [0, 0.05) is 31.9 Å². The van der Waals surface area contributed by atoms with Crippen LogP contribution >= 0.6 is 34.5 Å². The quantitative estimate of drug-likeness (QED) is 0.294. The van der Waals surface area contributed by atoms with Gasteiger partial charge in [0.05, 0.1) is 12.8 Å². The molecular weight excluding hydrogens is 431 g/mol. The molecule has 3 aromatic rings. The molecule has 29 heavy (non-hydrogen) atoms. The van der Waals surface area contributed by atoms with E-state index in [9.17, 15) is 9.59 Å². The van der Waals surface area contributed by atoms with E-state index in [1.807, 2.05) is 29.6 Å². The SMILES string of the molecule is O=C(NCc1cccs1)C(=O)N/N=C\c1cc(Cl)ccc1Nc1cccc(Cl)c1. The van der Waals surface area contributed by atoms with Gasteiger partial charge in [-0.25, -0.2) is 5.43 Å². The van der Waals surface area contributed by atoms with Crippen LogP contribution in [0.3, 0.4) is 0 Å². The number of hydrazone groups is 1. The van der Waals surface area contributed by atoms with Gasteiger partial charge in [0.1, 0.15) is 0 Å². The number of carbonyl (C=O) groups excluding carboxylic acids is 2. The molecule has 6 nitrogen and oxygen atoms in total. The Labute approximate surface area is 181 Å². The average Bonchev–Trinajstić information content (AvgIpc) is 3.21. The summed E-state index contributed by atoms with van der Waals surface area (Å²) in [6.07, 6.45) is 1.41. The van der Waals surface area contributed by atoms with Crippen molar-refractivity contribution >= 4 is 63.9 Å². The van der Waals surface area contributed by atoms with Crippen LogP contribution in [0.4, 0.5) is 11.4 Å². The topological polar surface area (TPSA) is 82.6 Å². The van der Waals surface area contributed by atoms with Crippen molar-refractivity contribution in [3.63, 3.8) is 0 Å². The van der Waals surface area contributed by atoms with Crippen molar-refractivity contribution in [1.82, 2.24) is 10.7 Å². The molecule has 9 heteroatoms. The number of halogens is 2. The van der Waals surface area contributed by atoms with Crippen molar-refractivity contribution in [2.75, 3.05) is 5.32 Å². The molecule has 0 aliphatic rings. The van der Waals surface area contributed by atoms with E-state index < -0.39 is 11.8 Å². The minimum atomic E-state index is -0.857. The highest BCUT2D eigenvalue weighted by molar-refractivity contribution is 7.09. The summed E-state index contributed by atoms with van der Waals surface area (Å²) in [5, 5.41) is 12.6. The monoisotopic (exact) mass is 446 g/mol. The minimum Gasteiger partial charge on any atom is -0.355 e. The van der Waals surface area contributed by atoms with Gasteiger partial charge < -0.3 is 10.6 Å². The Kier molecular flexibility index (Phi) is 7.24. The van der Waals surface area contributed by atoms with Crippen LogP contribution in [-0.2, 0) is 16.1 Å². The van der Waals surface area contributed by atoms with Gasteiger partial charge in [-0.05, 0) is 47.8 Å². The summed E-state index contributed by atoms with van der Waals surface area (Å²) >= 11 is 13.6. The highest BCUT2D eigenvalue weighted by Crippen LogP contribution is 2.24. The number of rotatable bonds is 6. The molecule has 0 aliphatic carbocycles. The standard InChI is InChI=1S/C20H16Cl2N4O2S/c21-14-3-1-4-16(10-14)25-18-7-6-15(22)9-13(18)11-24-26-20(28)19(27)23-12-17-5-2-8-29-17/h1-11,25H,12H2,(H,23,27)(H,26,28)/b24-11-. The van der Waals surface area contributed by atoms with E-state index in [1.165, 1.54) is 17.6 Å². The summed E-state index contributed by atoms with van der Waals surface area (Å²) < 4.78 is 0. The number of hydrogen-bond donors (Lipinski definition) is 3. The molecule has 0 fully saturated rings. The predicted octanol–water partition coefficient (Wildman–Crippen LogP) is 4.57. The maximum Gasteiger partial charge on any atom is 0.329 e. The van der Waals surface area contributed by atoms with E-state index in [1.54, 1.807) is 30.3 Å². The Hall–Kier alpha value is -2.87. The molecule has 2 amide bonds. The zero-order valence-corrected chi connectivity index (χ0v) is 17.3. The van der Waals surface area contributed by atoms with Crippen LogP contribution in [0.5, 0.6) is 0 Å². The number of hydrogen-bond acceptors (Lipinski definition) is 5. The van der Waals surface area contributed by atoms with Crippen LogP contribution in [0, 0.1) is 0 Å². The van der Waals surface area contributed by atoms with Crippen LogP contribution in [0.2, 0.25) is 10.0 Å². The number of nitrogens with one attached hydrogen (secondary N) is 3. The molecule has 2 aromatic carbocycles. The predicted molar refractivity (Wildman–Crippen MR) is 118 cm³/mol. The van der Waals surface area contributed by atoms with E-state index >= 15 is 0 Å². The molecular formula is C20H16Cl2N4O2S. The van der Waals surface area contributed by atoms with Gasteiger partial charge in [-0.15, -0.1) is 11.3 Å². The van der Waals surface area contributed by atoms with Crippen molar-refractivity contribution in [3.05, 3.63) is 80.5 Å². The zero-order valence-electron chi connectivity index (χ0n) is 15.0. The summed E-state index contributed by atoms with van der Waals surface area (Å²) in [7, 11) is 0. The first-order chi connectivity index (χ1) is 14.0. The van der Waals surface area contributed by atoms with Crippen molar-refractivity contribution in [2.45, 2.75) is 6.54 Å². The van der Waals surface area contributed by atoms with Gasteiger partial charge in [-0.1, -0.05) is 35.3 Å². The smallest absolute Gasteiger partial charge is 0.329 e. The largest absolute Gasteiger partial charge is 0.355 e. The Morgan fingerprint density at radius 3 is 2.59 bits per heavy atom. The second-order valence-electron chi connectivity index (χ2n) is 5.83. The van der Waals surface area contributed by atoms with Gasteiger partial charge >= 0.3 is 11.8 Å². The van der Waals surface area contributed by atoms with E-state index in [0.29, 0.717) is 21.3 Å². The van der Waals surface area contributed by atoms with E-state index in [0.717, 1.165) is 10.6 Å². The molecule has 0 saturated carbocycles. The number of benzene rings is 2. The van der Waals surface area contributed by atoms with Crippen molar-refractivity contribution < 1.29 is 9.59 Å². The lowest BCUT2D eigenvalue weighted by Gasteiger charge is -2.10. The zero-order chi connectivity index (χ0) is 20.6. The normalized spacial score (nSPS) is 10.7. The highest BCUT2D eigenvalue weighted by atomic mass is 35.5. The lowest BCUT2D eigenvalue weighted by Crippen LogP contribution is -2.37. The summed E-state index contributed by atoms with van der Waals surface area (Å²) in [6, 6.07) is 16.2. The van der Waals surface area contributed by atoms with Gasteiger partial charge in [0.25, 0.3) is 0 Å². The molecule has 0 unspecified atom stereocenters. The second-order valence-corrected chi connectivity index (χ2v) is 7.73. The molecule has 0 atom stereocenters. The number of nitrogens with zero attached hydrogens (tertiary/aromatic N) is 1. The van der Waals surface area contributed by atoms with Gasteiger partial charge in [-0.2, -0.15) is 5.10 Å². The summed E-state index contributed by atoms with van der Waals surface area (Å²) in [6.45, 7) is 0.287. The Balaban J connectivity index is 1.62. The number of anilines is 2. The summed E-state index contributed by atoms with van der Waals surface area (Å²) in [5.74, 6) is -1.62. The van der Waals surface area contributed by atoms with Crippen LogP contribution in [0.1, 0.15) is 10.4 Å². The molecule has 0 aliphatic heterocycles. The first kappa shape index (κ1) is 20.9. The lowest BCUT2D eigenvalue weighted by atomic mass is 10.2. The molecule has 3 rings (SSSR count). The highest BCUT2D eigenvalue weighted by Gasteiger charge is 2.12. The minimum absolute atomic E-state index is 0.287. The van der Waals surface area contributed by atoms with Crippen LogP contribution in [0.15, 0.2) is 65.1 Å². The van der Waals surface area contributed by atoms with Gasteiger partial charge in [-0.3, -0.25) is 9.59 Å². The summed E-state index contributed by atoms with van der Waals surface area (Å²) in [4.78, 5) is 24.7. The third-order valence-electron chi connectivity index (χ3n) is 3.70. The van der Waals surface area contributed by atoms with Crippen molar-refractivity contribution in [2.24, 2.45) is 5.10 Å². The number of thiophene rings is 1. The molecule has 3 N–H and O–H groups in total. The number of carbonyl (C=O) groups is 2.